The number of nitrogens with one attached hydrogen (secondary N) is 3. The molecule has 0 bridgehead atoms. The lowest BCUT2D eigenvalue weighted by molar-refractivity contribution is -0.116. The van der Waals surface area contributed by atoms with Crippen molar-refractivity contribution in [2.24, 2.45) is 7.05 Å². The highest BCUT2D eigenvalue weighted by Gasteiger charge is 2.27. The van der Waals surface area contributed by atoms with Gasteiger partial charge in [-0.1, -0.05) is 6.07 Å². The number of hydrogen-bond donors (Lipinski definition) is 4. The number of anilines is 3. The second-order valence-corrected chi connectivity index (χ2v) is 9.46. The molecule has 13 heteroatoms. The summed E-state index contributed by atoms with van der Waals surface area (Å²) < 4.78 is 7.25. The summed E-state index contributed by atoms with van der Waals surface area (Å²) in [7, 11) is 4.81. The van der Waals surface area contributed by atoms with Crippen LogP contribution in [0.4, 0.5) is 17.2 Å². The van der Waals surface area contributed by atoms with Crippen LogP contribution in [0.15, 0.2) is 30.6 Å². The van der Waals surface area contributed by atoms with Crippen molar-refractivity contribution in [1.29, 1.82) is 0 Å². The zero-order valence-electron chi connectivity index (χ0n) is 22.0. The number of ether oxygens (including phenoxy) is 1. The number of hydrogen-bond acceptors (Lipinski definition) is 10. The monoisotopic (exact) mass is 523 g/mol. The first-order valence-electron chi connectivity index (χ1n) is 12.3. The quantitative estimate of drug-likeness (QED) is 0.324. The molecule has 0 saturated carbocycles. The Morgan fingerprint density at radius 3 is 2.61 bits per heavy atom. The smallest absolute Gasteiger partial charge is 0.273 e. The Bertz CT molecular complexity index is 1300. The minimum Gasteiger partial charge on any atom is -0.494 e. The van der Waals surface area contributed by atoms with Gasteiger partial charge in [0, 0.05) is 46.2 Å². The zero-order chi connectivity index (χ0) is 27.3. The Morgan fingerprint density at radius 1 is 1.18 bits per heavy atom. The van der Waals surface area contributed by atoms with Crippen LogP contribution in [0.1, 0.15) is 36.7 Å². The van der Waals surface area contributed by atoms with Crippen LogP contribution in [-0.4, -0.2) is 86.2 Å². The molecule has 1 fully saturated rings. The summed E-state index contributed by atoms with van der Waals surface area (Å²) in [6.07, 6.45) is 3.21. The van der Waals surface area contributed by atoms with E-state index in [1.165, 1.54) is 14.2 Å². The molecule has 2 amide bonds. The third-order valence-corrected chi connectivity index (χ3v) is 6.42. The molecule has 0 radical (unpaired) electrons. The molecule has 1 aliphatic heterocycles. The van der Waals surface area contributed by atoms with Gasteiger partial charge in [0.05, 0.1) is 29.6 Å². The third-order valence-electron chi connectivity index (χ3n) is 6.42. The molecule has 2 aromatic heterocycles. The van der Waals surface area contributed by atoms with Crippen molar-refractivity contribution in [1.82, 2.24) is 35.2 Å². The number of carbonyl (C=O) groups is 2. The minimum atomic E-state index is -0.638. The SMILES string of the molecule is CNC(=O)c1nnc(NC(=O)CCN2CCC(C)(O)CC2)cc1Nc1cccc(-c2ncn(C)n2)c1OC. The number of aliphatic hydroxyl groups is 1. The van der Waals surface area contributed by atoms with Gasteiger partial charge in [0.25, 0.3) is 5.91 Å². The molecule has 4 N–H and O–H groups in total. The highest BCUT2D eigenvalue weighted by atomic mass is 16.5. The summed E-state index contributed by atoms with van der Waals surface area (Å²) in [5.41, 5.74) is 0.954. The number of methoxy groups -OCH3 is 1. The molecule has 4 rings (SSSR count). The highest BCUT2D eigenvalue weighted by molar-refractivity contribution is 5.99. The van der Waals surface area contributed by atoms with Crippen LogP contribution in [0.25, 0.3) is 11.4 Å². The maximum absolute atomic E-state index is 12.6. The second-order valence-electron chi connectivity index (χ2n) is 9.46. The molecule has 202 valence electrons. The molecule has 0 spiro atoms. The van der Waals surface area contributed by atoms with Gasteiger partial charge in [-0.2, -0.15) is 5.10 Å². The zero-order valence-corrected chi connectivity index (χ0v) is 22.0. The van der Waals surface area contributed by atoms with Gasteiger partial charge < -0.3 is 30.7 Å². The molecule has 1 aliphatic rings. The van der Waals surface area contributed by atoms with Gasteiger partial charge >= 0.3 is 0 Å². The molecule has 1 aromatic carbocycles. The number of aryl methyl sites for hydroxylation is 1. The van der Waals surface area contributed by atoms with Crippen LogP contribution in [-0.2, 0) is 11.8 Å². The Hall–Kier alpha value is -4.10. The maximum Gasteiger partial charge on any atom is 0.273 e. The van der Waals surface area contributed by atoms with Crippen molar-refractivity contribution in [2.45, 2.75) is 31.8 Å². The van der Waals surface area contributed by atoms with Gasteiger partial charge in [0.1, 0.15) is 6.33 Å². The van der Waals surface area contributed by atoms with E-state index in [-0.39, 0.29) is 23.8 Å². The van der Waals surface area contributed by atoms with E-state index in [0.29, 0.717) is 47.9 Å². The Kier molecular flexibility index (Phi) is 8.17. The lowest BCUT2D eigenvalue weighted by atomic mass is 9.94. The lowest BCUT2D eigenvalue weighted by Gasteiger charge is -2.35. The fraction of sp³-hybridized carbons (Fsp3) is 0.440. The van der Waals surface area contributed by atoms with E-state index >= 15 is 0 Å². The lowest BCUT2D eigenvalue weighted by Crippen LogP contribution is -2.43. The molecule has 3 aromatic rings. The summed E-state index contributed by atoms with van der Waals surface area (Å²) in [6.45, 7) is 3.89. The fourth-order valence-corrected chi connectivity index (χ4v) is 4.20. The number of carbonyl (C=O) groups excluding carboxylic acids is 2. The molecule has 0 atom stereocenters. The van der Waals surface area contributed by atoms with Crippen LogP contribution < -0.4 is 20.7 Å². The van der Waals surface area contributed by atoms with Crippen molar-refractivity contribution in [2.75, 3.05) is 44.4 Å². The average Bonchev–Trinajstić information content (AvgIpc) is 3.33. The first-order valence-corrected chi connectivity index (χ1v) is 12.3. The molecule has 38 heavy (non-hydrogen) atoms. The largest absolute Gasteiger partial charge is 0.494 e. The first kappa shape index (κ1) is 26.9. The summed E-state index contributed by atoms with van der Waals surface area (Å²) >= 11 is 0. The van der Waals surface area contributed by atoms with Crippen molar-refractivity contribution >= 4 is 29.0 Å². The topological polar surface area (TPSA) is 159 Å². The molecule has 13 nitrogen and oxygen atoms in total. The van der Waals surface area contributed by atoms with Crippen molar-refractivity contribution in [3.8, 4) is 17.1 Å². The predicted octanol–water partition coefficient (Wildman–Crippen LogP) is 1.56. The van der Waals surface area contributed by atoms with Crippen molar-refractivity contribution in [3.63, 3.8) is 0 Å². The number of amides is 2. The predicted molar refractivity (Wildman–Crippen MR) is 141 cm³/mol. The number of piperidine rings is 1. The van der Waals surface area contributed by atoms with E-state index in [4.69, 9.17) is 4.74 Å². The number of aromatic nitrogens is 5. The van der Waals surface area contributed by atoms with E-state index in [2.05, 4.69) is 41.1 Å². The molecule has 1 saturated heterocycles. The van der Waals surface area contributed by atoms with Gasteiger partial charge in [0.2, 0.25) is 5.91 Å². The van der Waals surface area contributed by atoms with Crippen LogP contribution in [0.5, 0.6) is 5.75 Å². The van der Waals surface area contributed by atoms with Crippen LogP contribution >= 0.6 is 0 Å². The van der Waals surface area contributed by atoms with Crippen molar-refractivity contribution < 1.29 is 19.4 Å². The van der Waals surface area contributed by atoms with E-state index in [9.17, 15) is 14.7 Å². The number of para-hydroxylation sites is 1. The van der Waals surface area contributed by atoms with Gasteiger partial charge in [0.15, 0.2) is 23.1 Å². The Labute approximate surface area is 220 Å². The fourth-order valence-electron chi connectivity index (χ4n) is 4.20. The number of benzene rings is 1. The third kappa shape index (κ3) is 6.42. The molecule has 3 heterocycles. The highest BCUT2D eigenvalue weighted by Crippen LogP contribution is 2.37. The number of likely N-dealkylation sites (tertiary alicyclic amines) is 1. The van der Waals surface area contributed by atoms with Gasteiger partial charge in [-0.05, 0) is 31.9 Å². The van der Waals surface area contributed by atoms with Crippen LogP contribution in [0.2, 0.25) is 0 Å². The standard InChI is InChI=1S/C25H33N9O4/c1-25(37)9-12-34(13-10-25)11-8-20(35)29-19-14-18(21(31-30-19)24(36)26-2)28-17-7-5-6-16(22(17)38-4)23-27-15-33(3)32-23/h5-7,14-15,37H,8-13H2,1-4H3,(H,26,36)(H2,28,29,30,35). The van der Waals surface area contributed by atoms with Crippen LogP contribution in [0, 0.1) is 0 Å². The van der Waals surface area contributed by atoms with Gasteiger partial charge in [-0.3, -0.25) is 14.3 Å². The van der Waals surface area contributed by atoms with Gasteiger partial charge in [-0.15, -0.1) is 10.2 Å². The maximum atomic E-state index is 12.6. The summed E-state index contributed by atoms with van der Waals surface area (Å²) in [5, 5.41) is 31.1. The summed E-state index contributed by atoms with van der Waals surface area (Å²) in [4.78, 5) is 31.6. The molecular formula is C25H33N9O4. The molecular weight excluding hydrogens is 490 g/mol. The van der Waals surface area contributed by atoms with E-state index < -0.39 is 11.5 Å². The van der Waals surface area contributed by atoms with E-state index in [1.54, 1.807) is 30.2 Å². The Balaban J connectivity index is 1.52. The van der Waals surface area contributed by atoms with E-state index in [1.807, 2.05) is 19.1 Å². The molecule has 0 unspecified atom stereocenters. The van der Waals surface area contributed by atoms with Crippen molar-refractivity contribution in [3.05, 3.63) is 36.3 Å². The normalized spacial score (nSPS) is 15.1. The van der Waals surface area contributed by atoms with Crippen LogP contribution in [0.3, 0.4) is 0 Å². The van der Waals surface area contributed by atoms with E-state index in [0.717, 1.165) is 13.1 Å². The Morgan fingerprint density at radius 2 is 1.95 bits per heavy atom. The second kappa shape index (κ2) is 11.5. The van der Waals surface area contributed by atoms with Gasteiger partial charge in [-0.25, -0.2) is 4.98 Å². The number of nitrogens with zero attached hydrogens (tertiary/aromatic N) is 6. The minimum absolute atomic E-state index is 0.0503. The first-order chi connectivity index (χ1) is 18.2. The summed E-state index contributed by atoms with van der Waals surface area (Å²) in [6, 6.07) is 6.98. The summed E-state index contributed by atoms with van der Waals surface area (Å²) in [5.74, 6) is 0.492. The molecule has 0 aliphatic carbocycles. The number of rotatable bonds is 9. The average molecular weight is 524 g/mol.